The number of amides is 1. The minimum atomic E-state index is -4.47. The van der Waals surface area contributed by atoms with Crippen molar-refractivity contribution in [1.82, 2.24) is 5.32 Å². The summed E-state index contributed by atoms with van der Waals surface area (Å²) in [5.41, 5.74) is -0.125. The van der Waals surface area contributed by atoms with E-state index in [0.717, 1.165) is 28.7 Å². The lowest BCUT2D eigenvalue weighted by molar-refractivity contribution is -0.141. The first-order chi connectivity index (χ1) is 12.2. The summed E-state index contributed by atoms with van der Waals surface area (Å²) in [6, 6.07) is 10.2. The van der Waals surface area contributed by atoms with Gasteiger partial charge in [0.2, 0.25) is 0 Å². The Balaban J connectivity index is 2.21. The third-order valence-corrected chi connectivity index (χ3v) is 4.12. The third-order valence-electron chi connectivity index (χ3n) is 3.63. The van der Waals surface area contributed by atoms with Crippen LogP contribution in [0.5, 0.6) is 0 Å². The van der Waals surface area contributed by atoms with Gasteiger partial charge in [0, 0.05) is 10.0 Å². The first-order valence-corrected chi connectivity index (χ1v) is 8.30. The second-order valence-corrected chi connectivity index (χ2v) is 6.35. The Hall–Kier alpha value is -2.35. The Bertz CT molecular complexity index is 791. The Morgan fingerprint density at radius 1 is 1.15 bits per heavy atom. The van der Waals surface area contributed by atoms with Gasteiger partial charge in [0.1, 0.15) is 0 Å². The molecule has 0 bridgehead atoms. The van der Waals surface area contributed by atoms with Crippen molar-refractivity contribution in [3.8, 4) is 0 Å². The Morgan fingerprint density at radius 3 is 2.35 bits per heavy atom. The van der Waals surface area contributed by atoms with Crippen molar-refractivity contribution in [2.45, 2.75) is 18.6 Å². The molecular weight excluding hydrogens is 415 g/mol. The van der Waals surface area contributed by atoms with Gasteiger partial charge in [0.15, 0.2) is 0 Å². The second-order valence-electron chi connectivity index (χ2n) is 5.44. The molecule has 0 saturated carbocycles. The Kier molecular flexibility index (Phi) is 6.42. The van der Waals surface area contributed by atoms with Crippen LogP contribution in [0.15, 0.2) is 53.0 Å². The lowest BCUT2D eigenvalue weighted by Crippen LogP contribution is -2.30. The molecule has 2 aromatic carbocycles. The van der Waals surface area contributed by atoms with Gasteiger partial charge in [-0.1, -0.05) is 28.1 Å². The fourth-order valence-electron chi connectivity index (χ4n) is 2.28. The molecule has 4 nitrogen and oxygen atoms in total. The molecule has 0 aromatic heterocycles. The molecule has 0 aliphatic carbocycles. The van der Waals surface area contributed by atoms with Crippen LogP contribution in [0.2, 0.25) is 0 Å². The van der Waals surface area contributed by atoms with Gasteiger partial charge >= 0.3 is 12.1 Å². The topological polar surface area (TPSA) is 55.4 Å². The summed E-state index contributed by atoms with van der Waals surface area (Å²) in [5.74, 6) is -1.12. The fourth-order valence-corrected chi connectivity index (χ4v) is 2.69. The summed E-state index contributed by atoms with van der Waals surface area (Å²) in [4.78, 5) is 24.0. The van der Waals surface area contributed by atoms with Gasteiger partial charge in [-0.25, -0.2) is 0 Å². The van der Waals surface area contributed by atoms with Crippen LogP contribution in [-0.4, -0.2) is 19.0 Å². The van der Waals surface area contributed by atoms with Crippen molar-refractivity contribution in [2.75, 3.05) is 7.11 Å². The molecule has 1 N–H and O–H groups in total. The van der Waals surface area contributed by atoms with Crippen LogP contribution in [0.1, 0.15) is 33.9 Å². The molecule has 0 spiro atoms. The fraction of sp³-hybridized carbons (Fsp3) is 0.222. The highest BCUT2D eigenvalue weighted by Crippen LogP contribution is 2.29. The van der Waals surface area contributed by atoms with E-state index in [9.17, 15) is 22.8 Å². The lowest BCUT2D eigenvalue weighted by atomic mass is 10.0. The normalized spacial score (nSPS) is 12.3. The minimum absolute atomic E-state index is 0.0582. The number of carbonyl (C=O) groups excluding carboxylic acids is 2. The van der Waals surface area contributed by atoms with Gasteiger partial charge in [-0.05, 0) is 42.0 Å². The van der Waals surface area contributed by atoms with E-state index in [1.54, 1.807) is 24.3 Å². The van der Waals surface area contributed by atoms with Gasteiger partial charge in [-0.15, -0.1) is 0 Å². The van der Waals surface area contributed by atoms with Crippen molar-refractivity contribution >= 4 is 27.8 Å². The van der Waals surface area contributed by atoms with Crippen LogP contribution >= 0.6 is 15.9 Å². The Morgan fingerprint density at radius 2 is 1.81 bits per heavy atom. The molecule has 1 atom stereocenters. The van der Waals surface area contributed by atoms with Gasteiger partial charge in [-0.3, -0.25) is 9.59 Å². The van der Waals surface area contributed by atoms with Crippen molar-refractivity contribution in [3.05, 3.63) is 69.7 Å². The molecule has 1 amide bonds. The van der Waals surface area contributed by atoms with Crippen LogP contribution in [0.25, 0.3) is 0 Å². The number of halogens is 4. The van der Waals surface area contributed by atoms with Crippen LogP contribution < -0.4 is 5.32 Å². The van der Waals surface area contributed by atoms with Gasteiger partial charge in [-0.2, -0.15) is 13.2 Å². The van der Waals surface area contributed by atoms with Gasteiger partial charge in [0.05, 0.1) is 25.1 Å². The van der Waals surface area contributed by atoms with Crippen molar-refractivity contribution in [3.63, 3.8) is 0 Å². The summed E-state index contributed by atoms with van der Waals surface area (Å²) in [6.07, 6.45) is -4.59. The first-order valence-electron chi connectivity index (χ1n) is 7.51. The summed E-state index contributed by atoms with van der Waals surface area (Å²) in [6.45, 7) is 0. The molecule has 0 aliphatic heterocycles. The number of rotatable bonds is 5. The molecule has 2 aromatic rings. The highest BCUT2D eigenvalue weighted by atomic mass is 79.9. The van der Waals surface area contributed by atoms with Gasteiger partial charge < -0.3 is 10.1 Å². The minimum Gasteiger partial charge on any atom is -0.469 e. The number of ether oxygens (including phenoxy) is 1. The SMILES string of the molecule is COC(=O)CC(NC(=O)c1ccc(C(F)(F)F)cc1)c1cccc(Br)c1. The first kappa shape index (κ1) is 20.0. The largest absolute Gasteiger partial charge is 0.469 e. The van der Waals surface area contributed by atoms with E-state index in [-0.39, 0.29) is 12.0 Å². The Labute approximate surface area is 156 Å². The maximum Gasteiger partial charge on any atom is 0.416 e. The zero-order valence-electron chi connectivity index (χ0n) is 13.6. The number of alkyl halides is 3. The second kappa shape index (κ2) is 8.35. The standard InChI is InChI=1S/C18H15BrF3NO3/c1-26-16(24)10-15(12-3-2-4-14(19)9-12)23-17(25)11-5-7-13(8-6-11)18(20,21)22/h2-9,15H,10H2,1H3,(H,23,25). The van der Waals surface area contributed by atoms with E-state index in [1.807, 2.05) is 0 Å². The zero-order valence-corrected chi connectivity index (χ0v) is 15.2. The number of carbonyl (C=O) groups is 2. The van der Waals surface area contributed by atoms with Crippen molar-refractivity contribution < 1.29 is 27.5 Å². The van der Waals surface area contributed by atoms with E-state index < -0.39 is 29.7 Å². The summed E-state index contributed by atoms with van der Waals surface area (Å²) in [5, 5.41) is 2.66. The van der Waals surface area contributed by atoms with Crippen LogP contribution in [0.4, 0.5) is 13.2 Å². The zero-order chi connectivity index (χ0) is 19.3. The van der Waals surface area contributed by atoms with E-state index in [0.29, 0.717) is 5.56 Å². The molecule has 0 heterocycles. The molecule has 8 heteroatoms. The van der Waals surface area contributed by atoms with Crippen LogP contribution in [0.3, 0.4) is 0 Å². The van der Waals surface area contributed by atoms with Crippen molar-refractivity contribution in [1.29, 1.82) is 0 Å². The average Bonchev–Trinajstić information content (AvgIpc) is 2.60. The number of nitrogens with one attached hydrogen (secondary N) is 1. The average molecular weight is 430 g/mol. The van der Waals surface area contributed by atoms with Crippen molar-refractivity contribution in [2.24, 2.45) is 0 Å². The molecule has 0 radical (unpaired) electrons. The van der Waals surface area contributed by atoms with Crippen LogP contribution in [0, 0.1) is 0 Å². The third kappa shape index (κ3) is 5.32. The monoisotopic (exact) mass is 429 g/mol. The smallest absolute Gasteiger partial charge is 0.416 e. The summed E-state index contributed by atoms with van der Waals surface area (Å²) in [7, 11) is 1.23. The predicted octanol–water partition coefficient (Wildman–Crippen LogP) is 4.50. The molecule has 138 valence electrons. The number of hydrogen-bond acceptors (Lipinski definition) is 3. The van der Waals surface area contributed by atoms with E-state index >= 15 is 0 Å². The van der Waals surface area contributed by atoms with Gasteiger partial charge in [0.25, 0.3) is 5.91 Å². The maximum absolute atomic E-state index is 12.6. The number of hydrogen-bond donors (Lipinski definition) is 1. The lowest BCUT2D eigenvalue weighted by Gasteiger charge is -2.19. The molecule has 1 unspecified atom stereocenters. The summed E-state index contributed by atoms with van der Waals surface area (Å²) >= 11 is 3.32. The molecule has 26 heavy (non-hydrogen) atoms. The number of esters is 1. The number of methoxy groups -OCH3 is 1. The highest BCUT2D eigenvalue weighted by Gasteiger charge is 2.30. The molecule has 0 aliphatic rings. The highest BCUT2D eigenvalue weighted by molar-refractivity contribution is 9.10. The van der Waals surface area contributed by atoms with Crippen LogP contribution in [-0.2, 0) is 15.7 Å². The van der Waals surface area contributed by atoms with E-state index in [2.05, 4.69) is 26.0 Å². The van der Waals surface area contributed by atoms with E-state index in [4.69, 9.17) is 0 Å². The maximum atomic E-state index is 12.6. The quantitative estimate of drug-likeness (QED) is 0.711. The molecular formula is C18H15BrF3NO3. The number of benzene rings is 2. The summed E-state index contributed by atoms with van der Waals surface area (Å²) < 4.78 is 43.3. The molecule has 0 saturated heterocycles. The molecule has 0 fully saturated rings. The molecule has 2 rings (SSSR count). The predicted molar refractivity (Wildman–Crippen MR) is 92.4 cm³/mol. The van der Waals surface area contributed by atoms with E-state index in [1.165, 1.54) is 7.11 Å².